The molecule has 0 bridgehead atoms. The first-order chi connectivity index (χ1) is 28.7. The third-order valence-corrected chi connectivity index (χ3v) is 11.9. The molecule has 0 aliphatic heterocycles. The van der Waals surface area contributed by atoms with E-state index in [9.17, 15) is 5.26 Å². The van der Waals surface area contributed by atoms with Crippen molar-refractivity contribution in [3.63, 3.8) is 0 Å². The van der Waals surface area contributed by atoms with Crippen molar-refractivity contribution in [2.75, 3.05) is 0 Å². The van der Waals surface area contributed by atoms with E-state index in [2.05, 4.69) is 158 Å². The van der Waals surface area contributed by atoms with Gasteiger partial charge < -0.3 is 0 Å². The summed E-state index contributed by atoms with van der Waals surface area (Å²) in [6.07, 6.45) is 0.907. The SMILES string of the molecule is N#Cc1cccc(-c2ccc(-c3ccc(-c4nc(-c5ccccc5)nc(-c5ccc6c(c5)C5(c7ccccc7Cc7ccccc75)c5ccccc5-6)n4)cc3)cc2)c1. The van der Waals surface area contributed by atoms with Crippen molar-refractivity contribution in [1.82, 2.24) is 15.0 Å². The van der Waals surface area contributed by atoms with E-state index in [1.807, 2.05) is 42.5 Å². The Bertz CT molecular complexity index is 3040. The average molecular weight is 739 g/mol. The third-order valence-electron chi connectivity index (χ3n) is 11.9. The quantitative estimate of drug-likeness (QED) is 0.176. The van der Waals surface area contributed by atoms with Gasteiger partial charge in [0.25, 0.3) is 0 Å². The molecule has 8 aromatic carbocycles. The van der Waals surface area contributed by atoms with Crippen LogP contribution in [0.5, 0.6) is 0 Å². The lowest BCUT2D eigenvalue weighted by atomic mass is 9.61. The second-order valence-corrected chi connectivity index (χ2v) is 15.1. The molecule has 1 heterocycles. The molecule has 2 aliphatic rings. The van der Waals surface area contributed by atoms with Gasteiger partial charge >= 0.3 is 0 Å². The van der Waals surface area contributed by atoms with Gasteiger partial charge in [0, 0.05) is 16.7 Å². The van der Waals surface area contributed by atoms with Crippen LogP contribution in [-0.2, 0) is 11.8 Å². The molecule has 0 saturated heterocycles. The van der Waals surface area contributed by atoms with Crippen LogP contribution in [0.1, 0.15) is 38.9 Å². The molecule has 2 aliphatic carbocycles. The molecular formula is C54H34N4. The first-order valence-electron chi connectivity index (χ1n) is 19.6. The zero-order valence-corrected chi connectivity index (χ0v) is 31.5. The summed E-state index contributed by atoms with van der Waals surface area (Å²) in [7, 11) is 0. The summed E-state index contributed by atoms with van der Waals surface area (Å²) in [4.78, 5) is 15.4. The molecule has 0 fully saturated rings. The molecule has 9 aromatic rings. The zero-order valence-electron chi connectivity index (χ0n) is 31.5. The highest BCUT2D eigenvalue weighted by Crippen LogP contribution is 2.59. The fourth-order valence-electron chi connectivity index (χ4n) is 9.22. The Morgan fingerprint density at radius 3 is 1.47 bits per heavy atom. The number of nitriles is 1. The third kappa shape index (κ3) is 5.33. The van der Waals surface area contributed by atoms with Crippen LogP contribution in [0.3, 0.4) is 0 Å². The molecule has 0 saturated carbocycles. The minimum atomic E-state index is -0.472. The first kappa shape index (κ1) is 33.6. The molecule has 1 aromatic heterocycles. The maximum Gasteiger partial charge on any atom is 0.164 e. The van der Waals surface area contributed by atoms with Crippen molar-refractivity contribution in [3.8, 4) is 73.6 Å². The summed E-state index contributed by atoms with van der Waals surface area (Å²) in [5, 5.41) is 9.36. The number of aromatic nitrogens is 3. The van der Waals surface area contributed by atoms with E-state index < -0.39 is 5.41 Å². The summed E-state index contributed by atoms with van der Waals surface area (Å²) >= 11 is 0. The smallest absolute Gasteiger partial charge is 0.164 e. The second kappa shape index (κ2) is 13.5. The fourth-order valence-corrected chi connectivity index (χ4v) is 9.22. The maximum atomic E-state index is 9.36. The summed E-state index contributed by atoms with van der Waals surface area (Å²) in [5.74, 6) is 1.89. The molecule has 1 spiro atoms. The minimum Gasteiger partial charge on any atom is -0.208 e. The van der Waals surface area contributed by atoms with Crippen molar-refractivity contribution >= 4 is 0 Å². The number of benzene rings is 8. The summed E-state index contributed by atoms with van der Waals surface area (Å²) in [5.41, 5.74) is 17.7. The van der Waals surface area contributed by atoms with Gasteiger partial charge in [-0.1, -0.05) is 176 Å². The monoisotopic (exact) mass is 738 g/mol. The number of nitrogens with zero attached hydrogens (tertiary/aromatic N) is 4. The van der Waals surface area contributed by atoms with Gasteiger partial charge in [0.15, 0.2) is 17.5 Å². The molecule has 58 heavy (non-hydrogen) atoms. The molecule has 4 nitrogen and oxygen atoms in total. The van der Waals surface area contributed by atoms with Crippen molar-refractivity contribution in [2.24, 2.45) is 0 Å². The largest absolute Gasteiger partial charge is 0.208 e. The van der Waals surface area contributed by atoms with Crippen molar-refractivity contribution in [3.05, 3.63) is 233 Å². The highest BCUT2D eigenvalue weighted by Gasteiger charge is 2.49. The van der Waals surface area contributed by atoms with Crippen molar-refractivity contribution in [1.29, 1.82) is 5.26 Å². The Hall–Kier alpha value is -7.74. The lowest BCUT2D eigenvalue weighted by Crippen LogP contribution is -2.34. The normalized spacial score (nSPS) is 12.9. The molecule has 0 radical (unpaired) electrons. The Morgan fingerprint density at radius 2 is 0.828 bits per heavy atom. The van der Waals surface area contributed by atoms with Crippen LogP contribution < -0.4 is 0 Å². The van der Waals surface area contributed by atoms with E-state index in [0.29, 0.717) is 23.0 Å². The summed E-state index contributed by atoms with van der Waals surface area (Å²) in [6, 6.07) is 70.6. The Kier molecular flexibility index (Phi) is 7.80. The van der Waals surface area contributed by atoms with Crippen LogP contribution in [0.4, 0.5) is 0 Å². The Morgan fingerprint density at radius 1 is 0.362 bits per heavy atom. The molecule has 0 amide bonds. The van der Waals surface area contributed by atoms with E-state index in [-0.39, 0.29) is 0 Å². The van der Waals surface area contributed by atoms with Gasteiger partial charge in [-0.2, -0.15) is 5.26 Å². The topological polar surface area (TPSA) is 62.5 Å². The van der Waals surface area contributed by atoms with Gasteiger partial charge in [0.2, 0.25) is 0 Å². The van der Waals surface area contributed by atoms with Crippen LogP contribution in [0.2, 0.25) is 0 Å². The number of hydrogen-bond donors (Lipinski definition) is 0. The second-order valence-electron chi connectivity index (χ2n) is 15.1. The number of hydrogen-bond acceptors (Lipinski definition) is 4. The predicted octanol–water partition coefficient (Wildman–Crippen LogP) is 12.3. The molecule has 270 valence electrons. The minimum absolute atomic E-state index is 0.472. The molecule has 0 atom stereocenters. The fraction of sp³-hybridized carbons (Fsp3) is 0.0370. The lowest BCUT2D eigenvalue weighted by molar-refractivity contribution is 0.722. The van der Waals surface area contributed by atoms with Gasteiger partial charge in [0.1, 0.15) is 0 Å². The number of rotatable bonds is 5. The molecular weight excluding hydrogens is 705 g/mol. The van der Waals surface area contributed by atoms with E-state index in [0.717, 1.165) is 45.4 Å². The van der Waals surface area contributed by atoms with Crippen molar-refractivity contribution < 1.29 is 0 Å². The maximum absolute atomic E-state index is 9.36. The molecule has 11 rings (SSSR count). The van der Waals surface area contributed by atoms with Gasteiger partial charge in [-0.25, -0.2) is 15.0 Å². The van der Waals surface area contributed by atoms with Gasteiger partial charge in [-0.3, -0.25) is 0 Å². The Labute approximate surface area is 337 Å². The van der Waals surface area contributed by atoms with E-state index >= 15 is 0 Å². The van der Waals surface area contributed by atoms with Crippen LogP contribution in [0.15, 0.2) is 194 Å². The van der Waals surface area contributed by atoms with Gasteiger partial charge in [0.05, 0.1) is 17.0 Å². The van der Waals surface area contributed by atoms with Gasteiger partial charge in [-0.15, -0.1) is 0 Å². The standard InChI is InChI=1S/C54H34N4/c55-34-35-11-10-16-41(31-35)38-23-21-36(22-24-38)37-25-27-40(28-26-37)52-56-51(39-12-2-1-3-13-39)57-53(58-52)44-29-30-46-45-17-6-9-20-49(45)54(50(46)33-44)47-18-7-4-14-42(47)32-43-15-5-8-19-48(43)54/h1-31,33H,32H2. The Balaban J connectivity index is 1.03. The molecule has 0 unspecified atom stereocenters. The predicted molar refractivity (Wildman–Crippen MR) is 232 cm³/mol. The highest BCUT2D eigenvalue weighted by molar-refractivity contribution is 5.89. The summed E-state index contributed by atoms with van der Waals surface area (Å²) in [6.45, 7) is 0. The van der Waals surface area contributed by atoms with E-state index in [1.54, 1.807) is 0 Å². The van der Waals surface area contributed by atoms with Gasteiger partial charge in [-0.05, 0) is 91.4 Å². The number of fused-ring (bicyclic) bond motifs is 9. The highest BCUT2D eigenvalue weighted by atomic mass is 15.0. The van der Waals surface area contributed by atoms with E-state index in [4.69, 9.17) is 15.0 Å². The van der Waals surface area contributed by atoms with E-state index in [1.165, 1.54) is 44.5 Å². The van der Waals surface area contributed by atoms with Crippen LogP contribution in [-0.4, -0.2) is 15.0 Å². The van der Waals surface area contributed by atoms with Crippen molar-refractivity contribution in [2.45, 2.75) is 11.8 Å². The van der Waals surface area contributed by atoms with Crippen LogP contribution >= 0.6 is 0 Å². The molecule has 0 N–H and O–H groups in total. The van der Waals surface area contributed by atoms with Crippen LogP contribution in [0.25, 0.3) is 67.5 Å². The summed E-state index contributed by atoms with van der Waals surface area (Å²) < 4.78 is 0. The zero-order chi connectivity index (χ0) is 38.6. The molecule has 4 heteroatoms. The lowest BCUT2D eigenvalue weighted by Gasteiger charge is -2.40. The first-order valence-corrected chi connectivity index (χ1v) is 19.6. The van der Waals surface area contributed by atoms with Crippen LogP contribution in [0, 0.1) is 11.3 Å². The average Bonchev–Trinajstić information content (AvgIpc) is 3.59.